The van der Waals surface area contributed by atoms with E-state index in [-0.39, 0.29) is 5.92 Å². The molecule has 1 saturated heterocycles. The minimum atomic E-state index is -1.08. The van der Waals surface area contributed by atoms with Crippen molar-refractivity contribution in [1.82, 2.24) is 5.32 Å². The lowest BCUT2D eigenvalue weighted by Crippen LogP contribution is -2.45. The number of amides is 3. The van der Waals surface area contributed by atoms with Crippen molar-refractivity contribution in [3.05, 3.63) is 35.4 Å². The van der Waals surface area contributed by atoms with Gasteiger partial charge in [-0.1, -0.05) is 26.0 Å². The summed E-state index contributed by atoms with van der Waals surface area (Å²) >= 11 is 3.81. The summed E-state index contributed by atoms with van der Waals surface area (Å²) in [5.41, 5.74) is 6.48. The maximum absolute atomic E-state index is 12.3. The van der Waals surface area contributed by atoms with Gasteiger partial charge in [-0.3, -0.25) is 10.1 Å². The molecule has 0 spiro atoms. The summed E-state index contributed by atoms with van der Waals surface area (Å²) < 4.78 is 5.67. The molecule has 0 bridgehead atoms. The quantitative estimate of drug-likeness (QED) is 0.760. The Labute approximate surface area is 155 Å². The zero-order valence-corrected chi connectivity index (χ0v) is 15.8. The van der Waals surface area contributed by atoms with Gasteiger partial charge in [0.05, 0.1) is 10.1 Å². The molecule has 8 heteroatoms. The SMILES string of the molecule is CC(C)[C@H](OC(=O)c1ccc(C2SCCCS2)cc1)C(=O)NC(N)=O. The smallest absolute Gasteiger partial charge is 0.338 e. The molecule has 2 rings (SSSR count). The molecule has 6 nitrogen and oxygen atoms in total. The Morgan fingerprint density at radius 1 is 1.16 bits per heavy atom. The zero-order valence-electron chi connectivity index (χ0n) is 14.2. The van der Waals surface area contributed by atoms with Crippen LogP contribution in [0.5, 0.6) is 0 Å². The van der Waals surface area contributed by atoms with Crippen molar-refractivity contribution in [2.75, 3.05) is 11.5 Å². The number of ether oxygens (including phenoxy) is 1. The van der Waals surface area contributed by atoms with Crippen LogP contribution in [0.15, 0.2) is 24.3 Å². The van der Waals surface area contributed by atoms with Crippen LogP contribution in [0.1, 0.15) is 40.8 Å². The number of rotatable bonds is 5. The van der Waals surface area contributed by atoms with Crippen molar-refractivity contribution in [2.45, 2.75) is 31.0 Å². The Morgan fingerprint density at radius 2 is 1.76 bits per heavy atom. The average molecular weight is 383 g/mol. The number of carbonyl (C=O) groups excluding carboxylic acids is 3. The van der Waals surface area contributed by atoms with Crippen molar-refractivity contribution in [3.8, 4) is 0 Å². The number of primary amides is 1. The van der Waals surface area contributed by atoms with Gasteiger partial charge in [0.1, 0.15) is 0 Å². The molecule has 1 heterocycles. The lowest BCUT2D eigenvalue weighted by atomic mass is 10.1. The summed E-state index contributed by atoms with van der Waals surface area (Å²) in [5, 5.41) is 1.95. The van der Waals surface area contributed by atoms with Crippen molar-refractivity contribution in [1.29, 1.82) is 0 Å². The third-order valence-electron chi connectivity index (χ3n) is 3.59. The predicted molar refractivity (Wildman–Crippen MR) is 100 cm³/mol. The largest absolute Gasteiger partial charge is 0.448 e. The topological polar surface area (TPSA) is 98.5 Å². The summed E-state index contributed by atoms with van der Waals surface area (Å²) in [6.07, 6.45) is 0.143. The first-order valence-electron chi connectivity index (χ1n) is 8.03. The fourth-order valence-electron chi connectivity index (χ4n) is 2.32. The van der Waals surface area contributed by atoms with E-state index in [9.17, 15) is 14.4 Å². The summed E-state index contributed by atoms with van der Waals surface area (Å²) in [7, 11) is 0. The Bertz CT molecular complexity index is 628. The molecule has 0 saturated carbocycles. The molecule has 3 amide bonds. The molecule has 1 atom stereocenters. The lowest BCUT2D eigenvalue weighted by molar-refractivity contribution is -0.130. The predicted octanol–water partition coefficient (Wildman–Crippen LogP) is 2.93. The van der Waals surface area contributed by atoms with E-state index in [0.717, 1.165) is 17.1 Å². The first-order valence-corrected chi connectivity index (χ1v) is 10.1. The molecule has 0 unspecified atom stereocenters. The van der Waals surface area contributed by atoms with Gasteiger partial charge in [0, 0.05) is 0 Å². The number of urea groups is 1. The van der Waals surface area contributed by atoms with Gasteiger partial charge in [0.15, 0.2) is 6.10 Å². The van der Waals surface area contributed by atoms with Crippen LogP contribution < -0.4 is 11.1 Å². The lowest BCUT2D eigenvalue weighted by Gasteiger charge is -2.22. The number of nitrogens with two attached hydrogens (primary N) is 1. The highest BCUT2D eigenvalue weighted by Gasteiger charge is 2.28. The number of carbonyl (C=O) groups is 3. The molecule has 1 aliphatic heterocycles. The molecular weight excluding hydrogens is 360 g/mol. The van der Waals surface area contributed by atoms with Crippen molar-refractivity contribution in [2.24, 2.45) is 11.7 Å². The Hall–Kier alpha value is -1.67. The van der Waals surface area contributed by atoms with Crippen molar-refractivity contribution < 1.29 is 19.1 Å². The highest BCUT2D eigenvalue weighted by atomic mass is 32.2. The van der Waals surface area contributed by atoms with E-state index in [1.54, 1.807) is 26.0 Å². The number of nitrogens with one attached hydrogen (secondary N) is 1. The minimum absolute atomic E-state index is 0.294. The second-order valence-corrected chi connectivity index (χ2v) is 8.70. The number of benzene rings is 1. The Kier molecular flexibility index (Phi) is 7.19. The number of esters is 1. The fraction of sp³-hybridized carbons (Fsp3) is 0.471. The monoisotopic (exact) mass is 382 g/mol. The van der Waals surface area contributed by atoms with Crippen molar-refractivity contribution >= 4 is 41.4 Å². The third kappa shape index (κ3) is 5.67. The maximum atomic E-state index is 12.3. The van der Waals surface area contributed by atoms with Crippen LogP contribution >= 0.6 is 23.5 Å². The second kappa shape index (κ2) is 9.15. The first kappa shape index (κ1) is 19.7. The van der Waals surface area contributed by atoms with Crippen LogP contribution in [-0.2, 0) is 9.53 Å². The number of hydrogen-bond acceptors (Lipinski definition) is 6. The van der Waals surface area contributed by atoms with Gasteiger partial charge in [-0.05, 0) is 41.5 Å². The van der Waals surface area contributed by atoms with Gasteiger partial charge in [-0.15, -0.1) is 23.5 Å². The number of thioether (sulfide) groups is 2. The summed E-state index contributed by atoms with van der Waals surface area (Å²) in [5.74, 6) is 0.674. The number of imide groups is 1. The van der Waals surface area contributed by atoms with Crippen LogP contribution in [0.2, 0.25) is 0 Å². The van der Waals surface area contributed by atoms with Gasteiger partial charge in [0.2, 0.25) is 0 Å². The molecular formula is C17H22N2O4S2. The molecule has 1 aromatic carbocycles. The van der Waals surface area contributed by atoms with Gasteiger partial charge in [-0.2, -0.15) is 0 Å². The summed E-state index contributed by atoms with van der Waals surface area (Å²) in [6.45, 7) is 3.44. The molecule has 1 aromatic rings. The van der Waals surface area contributed by atoms with E-state index in [2.05, 4.69) is 0 Å². The van der Waals surface area contributed by atoms with E-state index in [4.69, 9.17) is 10.5 Å². The van der Waals surface area contributed by atoms with Gasteiger partial charge in [-0.25, -0.2) is 9.59 Å². The maximum Gasteiger partial charge on any atom is 0.338 e. The molecule has 136 valence electrons. The van der Waals surface area contributed by atoms with Crippen molar-refractivity contribution in [3.63, 3.8) is 0 Å². The standard InChI is InChI=1S/C17H22N2O4S2/c1-10(2)13(14(20)19-17(18)22)23-15(21)11-4-6-12(7-5-11)16-24-8-3-9-25-16/h4-7,10,13,16H,3,8-9H2,1-2H3,(H3,18,19,20,22)/t13-/m0/s1. The summed E-state index contributed by atoms with van der Waals surface area (Å²) in [4.78, 5) is 35.1. The van der Waals surface area contributed by atoms with Gasteiger partial charge in [0.25, 0.3) is 5.91 Å². The molecule has 1 fully saturated rings. The highest BCUT2D eigenvalue weighted by molar-refractivity contribution is 8.16. The van der Waals surface area contributed by atoms with Gasteiger partial charge < -0.3 is 10.5 Å². The molecule has 0 radical (unpaired) electrons. The van der Waals surface area contributed by atoms with Gasteiger partial charge >= 0.3 is 12.0 Å². The molecule has 3 N–H and O–H groups in total. The van der Waals surface area contributed by atoms with Crippen LogP contribution in [0.3, 0.4) is 0 Å². The van der Waals surface area contributed by atoms with Crippen LogP contribution in [0.4, 0.5) is 4.79 Å². The average Bonchev–Trinajstić information content (AvgIpc) is 2.59. The van der Waals surface area contributed by atoms with E-state index >= 15 is 0 Å². The van der Waals surface area contributed by atoms with Crippen LogP contribution in [0, 0.1) is 5.92 Å². The molecule has 0 aromatic heterocycles. The molecule has 0 aliphatic carbocycles. The minimum Gasteiger partial charge on any atom is -0.448 e. The van der Waals surface area contributed by atoms with E-state index in [1.807, 2.05) is 41.0 Å². The summed E-state index contributed by atoms with van der Waals surface area (Å²) in [6, 6.07) is 6.27. The fourth-order valence-corrected chi connectivity index (χ4v) is 5.22. The third-order valence-corrected chi connectivity index (χ3v) is 6.61. The van der Waals surface area contributed by atoms with E-state index in [1.165, 1.54) is 6.42 Å². The van der Waals surface area contributed by atoms with Crippen LogP contribution in [0.25, 0.3) is 0 Å². The normalized spacial score (nSPS) is 16.3. The Balaban J connectivity index is 2.03. The number of hydrogen-bond donors (Lipinski definition) is 2. The highest BCUT2D eigenvalue weighted by Crippen LogP contribution is 2.43. The zero-order chi connectivity index (χ0) is 18.4. The van der Waals surface area contributed by atoms with Crippen LogP contribution in [-0.4, -0.2) is 35.5 Å². The van der Waals surface area contributed by atoms with E-state index in [0.29, 0.717) is 10.1 Å². The molecule has 1 aliphatic rings. The molecule has 25 heavy (non-hydrogen) atoms. The first-order chi connectivity index (χ1) is 11.9. The Morgan fingerprint density at radius 3 is 2.28 bits per heavy atom. The van der Waals surface area contributed by atoms with E-state index < -0.39 is 24.0 Å². The second-order valence-electron chi connectivity index (χ2n) is 5.97.